The molecule has 3 nitrogen and oxygen atoms in total. The van der Waals surface area contributed by atoms with Crippen molar-refractivity contribution in [1.82, 2.24) is 9.97 Å². The Balaban J connectivity index is 0.00000144. The van der Waals surface area contributed by atoms with Crippen LogP contribution in [0.25, 0.3) is 11.3 Å². The topological polar surface area (TPSA) is 51.8 Å². The molecule has 0 saturated heterocycles. The highest BCUT2D eigenvalue weighted by molar-refractivity contribution is 6.30. The number of aromatic nitrogens is 2. The lowest BCUT2D eigenvalue weighted by molar-refractivity contribution is 0.869. The highest BCUT2D eigenvalue weighted by atomic mass is 35.5. The number of hydrogen-bond acceptors (Lipinski definition) is 3. The molecule has 0 fully saturated rings. The number of halogens is 2. The van der Waals surface area contributed by atoms with Gasteiger partial charge in [0.25, 0.3) is 0 Å². The van der Waals surface area contributed by atoms with Crippen molar-refractivity contribution < 1.29 is 0 Å². The fraction of sp³-hybridized carbons (Fsp3) is 0.167. The second-order valence-electron chi connectivity index (χ2n) is 3.41. The molecule has 1 heterocycles. The van der Waals surface area contributed by atoms with E-state index in [0.29, 0.717) is 18.0 Å². The molecule has 2 aromatic rings. The summed E-state index contributed by atoms with van der Waals surface area (Å²) in [6.07, 6.45) is 2.43. The van der Waals surface area contributed by atoms with E-state index in [1.165, 1.54) is 0 Å². The molecule has 0 atom stereocenters. The first-order valence-corrected chi connectivity index (χ1v) is 5.45. The van der Waals surface area contributed by atoms with E-state index in [0.717, 1.165) is 17.1 Å². The molecule has 0 aliphatic rings. The van der Waals surface area contributed by atoms with Crippen molar-refractivity contribution in [2.45, 2.75) is 6.42 Å². The van der Waals surface area contributed by atoms with E-state index in [9.17, 15) is 0 Å². The number of nitrogens with zero attached hydrogens (tertiary/aromatic N) is 2. The SMILES string of the molecule is Cl.NCCc1nccc(-c2cccc(Cl)c2)n1. The van der Waals surface area contributed by atoms with Crippen molar-refractivity contribution in [3.63, 3.8) is 0 Å². The van der Waals surface area contributed by atoms with Crippen molar-refractivity contribution in [2.75, 3.05) is 6.54 Å². The summed E-state index contributed by atoms with van der Waals surface area (Å²) >= 11 is 5.93. The number of benzene rings is 1. The molecule has 0 aliphatic heterocycles. The molecule has 17 heavy (non-hydrogen) atoms. The van der Waals surface area contributed by atoms with Crippen molar-refractivity contribution in [2.24, 2.45) is 5.73 Å². The monoisotopic (exact) mass is 269 g/mol. The molecule has 0 bridgehead atoms. The zero-order valence-electron chi connectivity index (χ0n) is 9.14. The molecule has 0 radical (unpaired) electrons. The molecule has 0 aliphatic carbocycles. The van der Waals surface area contributed by atoms with Gasteiger partial charge in [-0.15, -0.1) is 12.4 Å². The van der Waals surface area contributed by atoms with Gasteiger partial charge in [-0.3, -0.25) is 0 Å². The van der Waals surface area contributed by atoms with E-state index in [1.807, 2.05) is 30.3 Å². The van der Waals surface area contributed by atoms with Crippen molar-refractivity contribution >= 4 is 24.0 Å². The molecular weight excluding hydrogens is 257 g/mol. The van der Waals surface area contributed by atoms with Gasteiger partial charge in [-0.2, -0.15) is 0 Å². The van der Waals surface area contributed by atoms with Crippen LogP contribution in [0.3, 0.4) is 0 Å². The highest BCUT2D eigenvalue weighted by Gasteiger charge is 2.02. The Bertz CT molecular complexity index is 489. The van der Waals surface area contributed by atoms with E-state index < -0.39 is 0 Å². The van der Waals surface area contributed by atoms with Crippen LogP contribution in [-0.2, 0) is 6.42 Å². The van der Waals surface area contributed by atoms with E-state index >= 15 is 0 Å². The first kappa shape index (κ1) is 13.9. The van der Waals surface area contributed by atoms with Gasteiger partial charge in [0, 0.05) is 23.2 Å². The first-order chi connectivity index (χ1) is 7.79. The largest absolute Gasteiger partial charge is 0.330 e. The van der Waals surface area contributed by atoms with Crippen molar-refractivity contribution in [3.05, 3.63) is 47.4 Å². The Labute approximate surface area is 111 Å². The van der Waals surface area contributed by atoms with E-state index in [-0.39, 0.29) is 12.4 Å². The summed E-state index contributed by atoms with van der Waals surface area (Å²) in [7, 11) is 0. The Hall–Kier alpha value is -1.16. The van der Waals surface area contributed by atoms with Gasteiger partial charge in [0.15, 0.2) is 0 Å². The maximum absolute atomic E-state index is 5.93. The van der Waals surface area contributed by atoms with E-state index in [1.54, 1.807) is 6.20 Å². The minimum absolute atomic E-state index is 0. The smallest absolute Gasteiger partial charge is 0.130 e. The zero-order valence-corrected chi connectivity index (χ0v) is 10.7. The third kappa shape index (κ3) is 3.66. The standard InChI is InChI=1S/C12H12ClN3.ClH/c13-10-3-1-2-9(8-10)11-5-7-15-12(16-11)4-6-14;/h1-3,5,7-8H,4,6,14H2;1H. The summed E-state index contributed by atoms with van der Waals surface area (Å²) in [4.78, 5) is 8.58. The second kappa shape index (κ2) is 6.55. The van der Waals surface area contributed by atoms with Gasteiger partial charge in [0.05, 0.1) is 5.69 Å². The zero-order chi connectivity index (χ0) is 11.4. The van der Waals surface area contributed by atoms with Crippen LogP contribution in [-0.4, -0.2) is 16.5 Å². The molecule has 1 aromatic carbocycles. The Morgan fingerprint density at radius 2 is 2.06 bits per heavy atom. The number of nitrogens with two attached hydrogens (primary N) is 1. The molecular formula is C12H13Cl2N3. The van der Waals surface area contributed by atoms with Crippen LogP contribution in [0.4, 0.5) is 0 Å². The maximum Gasteiger partial charge on any atom is 0.130 e. The lowest BCUT2D eigenvalue weighted by Gasteiger charge is -2.03. The average molecular weight is 270 g/mol. The minimum atomic E-state index is 0. The van der Waals surface area contributed by atoms with Crippen LogP contribution in [0.2, 0.25) is 5.02 Å². The summed E-state index contributed by atoms with van der Waals surface area (Å²) in [5, 5.41) is 0.705. The van der Waals surface area contributed by atoms with Gasteiger partial charge in [0.1, 0.15) is 5.82 Å². The van der Waals surface area contributed by atoms with Crippen molar-refractivity contribution in [1.29, 1.82) is 0 Å². The van der Waals surface area contributed by atoms with Gasteiger partial charge in [-0.1, -0.05) is 23.7 Å². The van der Waals surface area contributed by atoms with Crippen LogP contribution in [0, 0.1) is 0 Å². The Morgan fingerprint density at radius 1 is 1.24 bits per heavy atom. The van der Waals surface area contributed by atoms with Gasteiger partial charge >= 0.3 is 0 Å². The third-order valence-corrected chi connectivity index (χ3v) is 2.43. The van der Waals surface area contributed by atoms with Crippen LogP contribution in [0.1, 0.15) is 5.82 Å². The van der Waals surface area contributed by atoms with Gasteiger partial charge in [0.2, 0.25) is 0 Å². The molecule has 2 N–H and O–H groups in total. The van der Waals surface area contributed by atoms with E-state index in [4.69, 9.17) is 17.3 Å². The Kier molecular flexibility index (Phi) is 5.35. The van der Waals surface area contributed by atoms with Gasteiger partial charge in [-0.25, -0.2) is 9.97 Å². The Morgan fingerprint density at radius 3 is 2.76 bits per heavy atom. The van der Waals surface area contributed by atoms with Crippen LogP contribution >= 0.6 is 24.0 Å². The summed E-state index contributed by atoms with van der Waals surface area (Å²) in [5.74, 6) is 0.764. The average Bonchev–Trinajstić information content (AvgIpc) is 2.30. The molecule has 0 amide bonds. The van der Waals surface area contributed by atoms with Crippen molar-refractivity contribution in [3.8, 4) is 11.3 Å². The molecule has 90 valence electrons. The molecule has 0 unspecified atom stereocenters. The summed E-state index contributed by atoms with van der Waals surface area (Å²) in [5.41, 5.74) is 7.34. The lowest BCUT2D eigenvalue weighted by atomic mass is 10.1. The molecule has 2 rings (SSSR count). The quantitative estimate of drug-likeness (QED) is 0.932. The fourth-order valence-electron chi connectivity index (χ4n) is 1.46. The van der Waals surface area contributed by atoms with Gasteiger partial charge in [-0.05, 0) is 24.7 Å². The predicted molar refractivity (Wildman–Crippen MR) is 72.5 cm³/mol. The first-order valence-electron chi connectivity index (χ1n) is 5.07. The second-order valence-corrected chi connectivity index (χ2v) is 3.84. The number of rotatable bonds is 3. The van der Waals surface area contributed by atoms with Crippen LogP contribution in [0.5, 0.6) is 0 Å². The molecule has 0 saturated carbocycles. The van der Waals surface area contributed by atoms with Crippen LogP contribution in [0.15, 0.2) is 36.5 Å². The van der Waals surface area contributed by atoms with Crippen LogP contribution < -0.4 is 5.73 Å². The molecule has 1 aromatic heterocycles. The third-order valence-electron chi connectivity index (χ3n) is 2.19. The fourth-order valence-corrected chi connectivity index (χ4v) is 1.65. The summed E-state index contributed by atoms with van der Waals surface area (Å²) < 4.78 is 0. The lowest BCUT2D eigenvalue weighted by Crippen LogP contribution is -2.06. The van der Waals surface area contributed by atoms with E-state index in [2.05, 4.69) is 9.97 Å². The minimum Gasteiger partial charge on any atom is -0.330 e. The summed E-state index contributed by atoms with van der Waals surface area (Å²) in [6, 6.07) is 9.47. The maximum atomic E-state index is 5.93. The predicted octanol–water partition coefficient (Wildman–Crippen LogP) is 2.72. The van der Waals surface area contributed by atoms with Gasteiger partial charge < -0.3 is 5.73 Å². The molecule has 0 spiro atoms. The summed E-state index contributed by atoms with van der Waals surface area (Å²) in [6.45, 7) is 0.555. The number of hydrogen-bond donors (Lipinski definition) is 1. The normalized spacial score (nSPS) is 9.76. The molecule has 5 heteroatoms. The highest BCUT2D eigenvalue weighted by Crippen LogP contribution is 2.20.